The third kappa shape index (κ3) is 3.55. The van der Waals surface area contributed by atoms with Gasteiger partial charge in [0.15, 0.2) is 0 Å². The highest BCUT2D eigenvalue weighted by molar-refractivity contribution is 5.75. The zero-order chi connectivity index (χ0) is 17.1. The topological polar surface area (TPSA) is 50.2 Å². The van der Waals surface area contributed by atoms with E-state index in [-0.39, 0.29) is 12.1 Å². The van der Waals surface area contributed by atoms with Crippen LogP contribution in [0.3, 0.4) is 0 Å². The number of likely N-dealkylation sites (tertiary alicyclic amines) is 1. The predicted molar refractivity (Wildman–Crippen MR) is 97.1 cm³/mol. The van der Waals surface area contributed by atoms with Crippen molar-refractivity contribution in [1.82, 2.24) is 19.8 Å². The van der Waals surface area contributed by atoms with Crippen molar-refractivity contribution in [2.45, 2.75) is 44.2 Å². The van der Waals surface area contributed by atoms with Gasteiger partial charge in [-0.3, -0.25) is 0 Å². The number of piperidine rings is 1. The maximum Gasteiger partial charge on any atom is 0.317 e. The van der Waals surface area contributed by atoms with Crippen LogP contribution in [0, 0.1) is 5.92 Å². The lowest BCUT2D eigenvalue weighted by Crippen LogP contribution is -2.47. The standard InChI is InChI=1S/C20H26N4O/c25-20(23-12-9-18(10-13-23)24-14-11-21-15-24)22-19(17-7-4-8-17)16-5-2-1-3-6-16/h1-3,5-6,11,14-15,17-19H,4,7-10,12-13H2,(H,22,25)/t19-/m0/s1. The van der Waals surface area contributed by atoms with Gasteiger partial charge < -0.3 is 14.8 Å². The van der Waals surface area contributed by atoms with Crippen LogP contribution in [0.5, 0.6) is 0 Å². The number of rotatable bonds is 4. The lowest BCUT2D eigenvalue weighted by Gasteiger charge is -2.38. The molecule has 0 bridgehead atoms. The van der Waals surface area contributed by atoms with E-state index in [1.807, 2.05) is 29.7 Å². The third-order valence-corrected chi connectivity index (χ3v) is 5.76. The fourth-order valence-electron chi connectivity index (χ4n) is 3.98. The molecular formula is C20H26N4O. The summed E-state index contributed by atoms with van der Waals surface area (Å²) in [5.74, 6) is 0.579. The zero-order valence-electron chi connectivity index (χ0n) is 14.6. The molecule has 2 heterocycles. The Hall–Kier alpha value is -2.30. The van der Waals surface area contributed by atoms with Crippen LogP contribution in [0.15, 0.2) is 49.1 Å². The number of hydrogen-bond donors (Lipinski definition) is 1. The Morgan fingerprint density at radius 1 is 1.12 bits per heavy atom. The number of nitrogens with one attached hydrogen (secondary N) is 1. The van der Waals surface area contributed by atoms with Gasteiger partial charge in [-0.1, -0.05) is 36.8 Å². The molecule has 0 unspecified atom stereocenters. The summed E-state index contributed by atoms with van der Waals surface area (Å²) < 4.78 is 2.16. The van der Waals surface area contributed by atoms with Crippen molar-refractivity contribution in [3.63, 3.8) is 0 Å². The van der Waals surface area contributed by atoms with Crippen molar-refractivity contribution in [2.24, 2.45) is 5.92 Å². The van der Waals surface area contributed by atoms with Crippen LogP contribution in [-0.2, 0) is 0 Å². The Balaban J connectivity index is 1.37. The van der Waals surface area contributed by atoms with Gasteiger partial charge in [-0.2, -0.15) is 0 Å². The summed E-state index contributed by atoms with van der Waals surface area (Å²) in [5.41, 5.74) is 1.23. The molecular weight excluding hydrogens is 312 g/mol. The summed E-state index contributed by atoms with van der Waals surface area (Å²) in [6, 6.07) is 11.1. The van der Waals surface area contributed by atoms with E-state index < -0.39 is 0 Å². The van der Waals surface area contributed by atoms with Crippen molar-refractivity contribution in [3.05, 3.63) is 54.6 Å². The number of amides is 2. The monoisotopic (exact) mass is 338 g/mol. The summed E-state index contributed by atoms with van der Waals surface area (Å²) in [6.07, 6.45) is 11.4. The first-order valence-corrected chi connectivity index (χ1v) is 9.39. The predicted octanol–water partition coefficient (Wildman–Crippen LogP) is 3.77. The molecule has 1 N–H and O–H groups in total. The molecule has 1 aliphatic heterocycles. The highest BCUT2D eigenvalue weighted by Crippen LogP contribution is 2.37. The van der Waals surface area contributed by atoms with Crippen molar-refractivity contribution in [1.29, 1.82) is 0 Å². The molecule has 1 aliphatic carbocycles. The molecule has 1 saturated carbocycles. The van der Waals surface area contributed by atoms with Crippen LogP contribution in [0.1, 0.15) is 49.8 Å². The van der Waals surface area contributed by atoms with Gasteiger partial charge in [-0.25, -0.2) is 9.78 Å². The van der Waals surface area contributed by atoms with E-state index in [2.05, 4.69) is 39.1 Å². The Morgan fingerprint density at radius 3 is 2.48 bits per heavy atom. The van der Waals surface area contributed by atoms with Crippen molar-refractivity contribution < 1.29 is 4.79 Å². The Morgan fingerprint density at radius 2 is 1.88 bits per heavy atom. The van der Waals surface area contributed by atoms with E-state index in [0.29, 0.717) is 12.0 Å². The van der Waals surface area contributed by atoms with Gasteiger partial charge in [0.05, 0.1) is 12.4 Å². The second kappa shape index (κ2) is 7.30. The van der Waals surface area contributed by atoms with Gasteiger partial charge in [0.25, 0.3) is 0 Å². The molecule has 2 amide bonds. The van der Waals surface area contributed by atoms with E-state index in [4.69, 9.17) is 0 Å². The van der Waals surface area contributed by atoms with E-state index >= 15 is 0 Å². The summed E-state index contributed by atoms with van der Waals surface area (Å²) in [6.45, 7) is 1.61. The number of carbonyl (C=O) groups is 1. The molecule has 25 heavy (non-hydrogen) atoms. The molecule has 0 spiro atoms. The van der Waals surface area contributed by atoms with Crippen molar-refractivity contribution in [3.8, 4) is 0 Å². The summed E-state index contributed by atoms with van der Waals surface area (Å²) in [5, 5.41) is 3.32. The third-order valence-electron chi connectivity index (χ3n) is 5.76. The molecule has 2 fully saturated rings. The fraction of sp³-hybridized carbons (Fsp3) is 0.500. The first-order chi connectivity index (χ1) is 12.3. The van der Waals surface area contributed by atoms with Crippen molar-refractivity contribution >= 4 is 6.03 Å². The molecule has 5 nitrogen and oxygen atoms in total. The van der Waals surface area contributed by atoms with Crippen LogP contribution >= 0.6 is 0 Å². The van der Waals surface area contributed by atoms with Gasteiger partial charge in [-0.15, -0.1) is 0 Å². The molecule has 1 saturated heterocycles. The molecule has 4 rings (SSSR count). The van der Waals surface area contributed by atoms with Crippen LogP contribution in [0.25, 0.3) is 0 Å². The van der Waals surface area contributed by atoms with Gasteiger partial charge in [0.2, 0.25) is 0 Å². The van der Waals surface area contributed by atoms with Crippen LogP contribution < -0.4 is 5.32 Å². The lowest BCUT2D eigenvalue weighted by molar-refractivity contribution is 0.156. The minimum atomic E-state index is 0.0878. The number of hydrogen-bond acceptors (Lipinski definition) is 2. The Bertz CT molecular complexity index is 673. The molecule has 0 radical (unpaired) electrons. The SMILES string of the molecule is O=C(N[C@@H](c1ccccc1)C1CCC1)N1CCC(n2ccnc2)CC1. The highest BCUT2D eigenvalue weighted by atomic mass is 16.2. The Kier molecular flexibility index (Phi) is 4.72. The minimum absolute atomic E-state index is 0.0878. The maximum absolute atomic E-state index is 12.8. The number of imidazole rings is 1. The number of carbonyl (C=O) groups excluding carboxylic acids is 1. The highest BCUT2D eigenvalue weighted by Gasteiger charge is 2.32. The van der Waals surface area contributed by atoms with E-state index in [1.165, 1.54) is 24.8 Å². The van der Waals surface area contributed by atoms with Gasteiger partial charge in [-0.05, 0) is 37.2 Å². The van der Waals surface area contributed by atoms with Gasteiger partial charge in [0, 0.05) is 31.5 Å². The second-order valence-corrected chi connectivity index (χ2v) is 7.26. The maximum atomic E-state index is 12.8. The number of urea groups is 1. The second-order valence-electron chi connectivity index (χ2n) is 7.26. The number of nitrogens with zero attached hydrogens (tertiary/aromatic N) is 3. The molecule has 1 aromatic heterocycles. The number of aromatic nitrogens is 2. The Labute approximate surface area is 149 Å². The van der Waals surface area contributed by atoms with E-state index in [9.17, 15) is 4.79 Å². The summed E-state index contributed by atoms with van der Waals surface area (Å²) in [7, 11) is 0. The van der Waals surface area contributed by atoms with E-state index in [1.54, 1.807) is 0 Å². The van der Waals surface area contributed by atoms with Gasteiger partial charge >= 0.3 is 6.03 Å². The van der Waals surface area contributed by atoms with Gasteiger partial charge in [0.1, 0.15) is 0 Å². The largest absolute Gasteiger partial charge is 0.334 e. The first-order valence-electron chi connectivity index (χ1n) is 9.39. The fourth-order valence-corrected chi connectivity index (χ4v) is 3.98. The molecule has 2 aliphatic rings. The molecule has 1 aromatic carbocycles. The van der Waals surface area contributed by atoms with E-state index in [0.717, 1.165) is 25.9 Å². The normalized spacial score (nSPS) is 20.1. The van der Waals surface area contributed by atoms with Crippen LogP contribution in [0.4, 0.5) is 4.79 Å². The molecule has 1 atom stereocenters. The average molecular weight is 338 g/mol. The van der Waals surface area contributed by atoms with Crippen molar-refractivity contribution in [2.75, 3.05) is 13.1 Å². The molecule has 2 aromatic rings. The smallest absolute Gasteiger partial charge is 0.317 e. The summed E-state index contributed by atoms with van der Waals surface area (Å²) >= 11 is 0. The van der Waals surface area contributed by atoms with Crippen LogP contribution in [-0.4, -0.2) is 33.6 Å². The zero-order valence-corrected chi connectivity index (χ0v) is 14.6. The average Bonchev–Trinajstić information content (AvgIpc) is 3.15. The number of benzene rings is 1. The minimum Gasteiger partial charge on any atom is -0.334 e. The van der Waals surface area contributed by atoms with Crippen LogP contribution in [0.2, 0.25) is 0 Å². The lowest BCUT2D eigenvalue weighted by atomic mass is 9.77. The molecule has 5 heteroatoms. The quantitative estimate of drug-likeness (QED) is 0.922. The summed E-state index contributed by atoms with van der Waals surface area (Å²) in [4.78, 5) is 18.9. The first kappa shape index (κ1) is 16.2. The molecule has 132 valence electrons.